The number of hydrogen-bond acceptors (Lipinski definition) is 3. The van der Waals surface area contributed by atoms with E-state index in [1.165, 1.54) is 0 Å². The van der Waals surface area contributed by atoms with Gasteiger partial charge in [0, 0.05) is 15.1 Å². The Morgan fingerprint density at radius 3 is 2.94 bits per heavy atom. The quantitative estimate of drug-likeness (QED) is 0.759. The summed E-state index contributed by atoms with van der Waals surface area (Å²) >= 11 is 4.94. The van der Waals surface area contributed by atoms with Crippen molar-refractivity contribution in [2.24, 2.45) is 0 Å². The first-order chi connectivity index (χ1) is 8.13. The fourth-order valence-electron chi connectivity index (χ4n) is 1.27. The van der Waals surface area contributed by atoms with E-state index >= 15 is 0 Å². The fraction of sp³-hybridized carbons (Fsp3) is 0.417. The van der Waals surface area contributed by atoms with Gasteiger partial charge in [-0.2, -0.15) is 0 Å². The first kappa shape index (κ1) is 14.5. The normalized spacial score (nSPS) is 12.4. The van der Waals surface area contributed by atoms with Crippen molar-refractivity contribution >= 4 is 33.7 Å². The number of hydrogen-bond donors (Lipinski definition) is 2. The lowest BCUT2D eigenvalue weighted by atomic mass is 10.3. The number of thioether (sulfide) groups is 1. The lowest BCUT2D eigenvalue weighted by Gasteiger charge is -2.13. The Balaban J connectivity index is 2.48. The maximum atomic E-state index is 11.0. The number of aliphatic carboxylic acids is 1. The number of halogens is 1. The summed E-state index contributed by atoms with van der Waals surface area (Å²) in [6, 6.07) is 7.38. The van der Waals surface area contributed by atoms with Crippen molar-refractivity contribution in [3.05, 3.63) is 28.7 Å². The molecule has 1 unspecified atom stereocenters. The van der Waals surface area contributed by atoms with Crippen LogP contribution in [0.2, 0.25) is 0 Å². The lowest BCUT2D eigenvalue weighted by molar-refractivity contribution is -0.138. The summed E-state index contributed by atoms with van der Waals surface area (Å²) in [6.45, 7) is 2.75. The van der Waals surface area contributed by atoms with Crippen molar-refractivity contribution < 1.29 is 9.90 Å². The average molecular weight is 318 g/mol. The van der Waals surface area contributed by atoms with Crippen molar-refractivity contribution in [3.8, 4) is 0 Å². The standard InChI is InChI=1S/C12H16BrNO2S/c1-2-6-14-11(12(15)16)8-17-10-5-3-4-9(13)7-10/h3-5,7,11,14H,2,6,8H2,1H3,(H,15,16). The monoisotopic (exact) mass is 317 g/mol. The van der Waals surface area contributed by atoms with Crippen molar-refractivity contribution in [3.63, 3.8) is 0 Å². The van der Waals surface area contributed by atoms with Gasteiger partial charge in [-0.05, 0) is 31.2 Å². The van der Waals surface area contributed by atoms with E-state index < -0.39 is 12.0 Å². The average Bonchev–Trinajstić information content (AvgIpc) is 2.28. The zero-order chi connectivity index (χ0) is 12.7. The molecule has 2 N–H and O–H groups in total. The predicted molar refractivity (Wildman–Crippen MR) is 74.6 cm³/mol. The highest BCUT2D eigenvalue weighted by molar-refractivity contribution is 9.10. The molecule has 5 heteroatoms. The molecular weight excluding hydrogens is 302 g/mol. The van der Waals surface area contributed by atoms with Gasteiger partial charge >= 0.3 is 5.97 Å². The van der Waals surface area contributed by atoms with Crippen molar-refractivity contribution in [1.82, 2.24) is 5.32 Å². The van der Waals surface area contributed by atoms with Gasteiger partial charge in [-0.15, -0.1) is 11.8 Å². The van der Waals surface area contributed by atoms with Crippen LogP contribution in [0, 0.1) is 0 Å². The molecule has 0 aliphatic rings. The van der Waals surface area contributed by atoms with E-state index in [1.54, 1.807) is 11.8 Å². The van der Waals surface area contributed by atoms with Crippen molar-refractivity contribution in [2.75, 3.05) is 12.3 Å². The Morgan fingerprint density at radius 1 is 1.59 bits per heavy atom. The van der Waals surface area contributed by atoms with E-state index in [9.17, 15) is 4.79 Å². The largest absolute Gasteiger partial charge is 0.480 e. The second-order valence-electron chi connectivity index (χ2n) is 3.61. The lowest BCUT2D eigenvalue weighted by Crippen LogP contribution is -2.39. The van der Waals surface area contributed by atoms with Gasteiger partial charge in [0.05, 0.1) is 0 Å². The highest BCUT2D eigenvalue weighted by Gasteiger charge is 2.16. The number of benzene rings is 1. The molecule has 17 heavy (non-hydrogen) atoms. The molecule has 0 aromatic heterocycles. The number of nitrogens with one attached hydrogen (secondary N) is 1. The fourth-order valence-corrected chi connectivity index (χ4v) is 2.83. The van der Waals surface area contributed by atoms with Gasteiger partial charge < -0.3 is 10.4 Å². The smallest absolute Gasteiger partial charge is 0.321 e. The molecule has 0 aliphatic carbocycles. The van der Waals surface area contributed by atoms with Gasteiger partial charge in [0.2, 0.25) is 0 Å². The van der Waals surface area contributed by atoms with E-state index in [1.807, 2.05) is 31.2 Å². The van der Waals surface area contributed by atoms with Crippen LogP contribution in [0.3, 0.4) is 0 Å². The molecule has 0 fully saturated rings. The zero-order valence-corrected chi connectivity index (χ0v) is 12.1. The maximum absolute atomic E-state index is 11.0. The molecule has 0 heterocycles. The Hall–Kier alpha value is -0.520. The number of rotatable bonds is 7. The summed E-state index contributed by atoms with van der Waals surface area (Å²) in [5.41, 5.74) is 0. The van der Waals surface area contributed by atoms with Gasteiger partial charge in [-0.3, -0.25) is 4.79 Å². The SMILES string of the molecule is CCCNC(CSc1cccc(Br)c1)C(=O)O. The van der Waals surface area contributed by atoms with Gasteiger partial charge in [-0.1, -0.05) is 28.9 Å². The molecule has 0 amide bonds. The Kier molecular flexibility index (Phi) is 6.62. The van der Waals surface area contributed by atoms with Crippen LogP contribution in [0.15, 0.2) is 33.6 Å². The minimum atomic E-state index is -0.791. The summed E-state index contributed by atoms with van der Waals surface area (Å²) in [6.07, 6.45) is 0.936. The van der Waals surface area contributed by atoms with Crippen LogP contribution in [0.5, 0.6) is 0 Å². The molecule has 3 nitrogen and oxygen atoms in total. The molecule has 1 atom stereocenters. The van der Waals surface area contributed by atoms with Crippen LogP contribution in [-0.2, 0) is 4.79 Å². The molecule has 94 valence electrons. The van der Waals surface area contributed by atoms with E-state index in [2.05, 4.69) is 21.2 Å². The Morgan fingerprint density at radius 2 is 2.35 bits per heavy atom. The van der Waals surface area contributed by atoms with E-state index in [0.29, 0.717) is 5.75 Å². The zero-order valence-electron chi connectivity index (χ0n) is 9.65. The summed E-state index contributed by atoms with van der Waals surface area (Å²) in [4.78, 5) is 12.1. The highest BCUT2D eigenvalue weighted by atomic mass is 79.9. The van der Waals surface area contributed by atoms with E-state index in [4.69, 9.17) is 5.11 Å². The van der Waals surface area contributed by atoms with Crippen molar-refractivity contribution in [1.29, 1.82) is 0 Å². The number of carboxylic acids is 1. The maximum Gasteiger partial charge on any atom is 0.321 e. The van der Waals surface area contributed by atoms with Crippen LogP contribution < -0.4 is 5.32 Å². The van der Waals surface area contributed by atoms with Gasteiger partial charge in [0.1, 0.15) is 6.04 Å². The molecule has 1 aromatic rings. The molecule has 0 saturated carbocycles. The van der Waals surface area contributed by atoms with Crippen LogP contribution >= 0.6 is 27.7 Å². The van der Waals surface area contributed by atoms with Crippen LogP contribution in [0.1, 0.15) is 13.3 Å². The minimum absolute atomic E-state index is 0.487. The topological polar surface area (TPSA) is 49.3 Å². The molecular formula is C12H16BrNO2S. The van der Waals surface area contributed by atoms with Crippen LogP contribution in [-0.4, -0.2) is 29.4 Å². The van der Waals surface area contributed by atoms with Gasteiger partial charge in [0.25, 0.3) is 0 Å². The van der Waals surface area contributed by atoms with Crippen molar-refractivity contribution in [2.45, 2.75) is 24.3 Å². The Labute approximate surface area is 114 Å². The van der Waals surface area contributed by atoms with E-state index in [0.717, 1.165) is 22.3 Å². The number of carboxylic acid groups (broad SMARTS) is 1. The predicted octanol–water partition coefficient (Wildman–Crippen LogP) is 2.99. The summed E-state index contributed by atoms with van der Waals surface area (Å²) in [5, 5.41) is 12.1. The number of carbonyl (C=O) groups is 1. The molecule has 0 aliphatic heterocycles. The van der Waals surface area contributed by atoms with E-state index in [-0.39, 0.29) is 0 Å². The highest BCUT2D eigenvalue weighted by Crippen LogP contribution is 2.22. The first-order valence-corrected chi connectivity index (χ1v) is 7.26. The first-order valence-electron chi connectivity index (χ1n) is 5.48. The second kappa shape index (κ2) is 7.74. The molecule has 0 radical (unpaired) electrons. The van der Waals surface area contributed by atoms with Gasteiger partial charge in [0.15, 0.2) is 0 Å². The molecule has 1 aromatic carbocycles. The third-order valence-electron chi connectivity index (χ3n) is 2.15. The summed E-state index contributed by atoms with van der Waals surface area (Å²) < 4.78 is 1.01. The third kappa shape index (κ3) is 5.57. The third-order valence-corrected chi connectivity index (χ3v) is 3.73. The molecule has 1 rings (SSSR count). The molecule has 0 spiro atoms. The minimum Gasteiger partial charge on any atom is -0.480 e. The van der Waals surface area contributed by atoms with Gasteiger partial charge in [-0.25, -0.2) is 0 Å². The summed E-state index contributed by atoms with van der Waals surface area (Å²) in [7, 11) is 0. The Bertz CT molecular complexity index is 373. The van der Waals surface area contributed by atoms with Crippen LogP contribution in [0.4, 0.5) is 0 Å². The second-order valence-corrected chi connectivity index (χ2v) is 5.62. The summed E-state index contributed by atoms with van der Waals surface area (Å²) in [5.74, 6) is -0.257. The van der Waals surface area contributed by atoms with Crippen LogP contribution in [0.25, 0.3) is 0 Å². The molecule has 0 bridgehead atoms. The molecule has 0 saturated heterocycles.